The predicted octanol–water partition coefficient (Wildman–Crippen LogP) is 2.81. The smallest absolute Gasteiger partial charge is 0.274 e. The number of rotatable bonds is 7. The van der Waals surface area contributed by atoms with Gasteiger partial charge < -0.3 is 20.1 Å². The minimum atomic E-state index is -1.07. The first-order chi connectivity index (χ1) is 16.9. The van der Waals surface area contributed by atoms with Crippen LogP contribution in [0.15, 0.2) is 60.9 Å². The van der Waals surface area contributed by atoms with Gasteiger partial charge in [0.05, 0.1) is 12.9 Å². The van der Waals surface area contributed by atoms with Crippen molar-refractivity contribution >= 4 is 17.7 Å². The van der Waals surface area contributed by atoms with Crippen LogP contribution in [0.4, 0.5) is 0 Å². The minimum Gasteiger partial charge on any atom is -0.350 e. The number of hydrogen-bond donors (Lipinski definition) is 2. The fourth-order valence-electron chi connectivity index (χ4n) is 4.66. The number of imidazole rings is 1. The number of fused-ring (bicyclic) bond motifs is 1. The Hall–Kier alpha value is -3.94. The van der Waals surface area contributed by atoms with Gasteiger partial charge in [-0.25, -0.2) is 4.98 Å². The van der Waals surface area contributed by atoms with Crippen LogP contribution in [0.1, 0.15) is 57.4 Å². The van der Waals surface area contributed by atoms with Crippen LogP contribution in [0, 0.1) is 6.92 Å². The number of hydrogen-bond acceptors (Lipinski definition) is 4. The van der Waals surface area contributed by atoms with E-state index in [0.717, 1.165) is 29.5 Å². The highest BCUT2D eigenvalue weighted by molar-refractivity contribution is 6.07. The molecule has 8 nitrogen and oxygen atoms in total. The van der Waals surface area contributed by atoms with Gasteiger partial charge in [0.2, 0.25) is 5.91 Å². The van der Waals surface area contributed by atoms with Crippen LogP contribution in [0.5, 0.6) is 0 Å². The number of nitrogens with zero attached hydrogens (tertiary/aromatic N) is 3. The summed E-state index contributed by atoms with van der Waals surface area (Å²) in [7, 11) is 0. The second-order valence-corrected chi connectivity index (χ2v) is 9.59. The molecule has 180 valence electrons. The highest BCUT2D eigenvalue weighted by atomic mass is 16.2. The van der Waals surface area contributed by atoms with E-state index in [1.807, 2.05) is 61.5 Å². The third kappa shape index (κ3) is 4.43. The summed E-state index contributed by atoms with van der Waals surface area (Å²) in [5.74, 6) is -0.944. The fraction of sp³-hybridized carbons (Fsp3) is 0.333. The van der Waals surface area contributed by atoms with E-state index in [9.17, 15) is 14.4 Å². The monoisotopic (exact) mass is 471 g/mol. The first-order valence-electron chi connectivity index (χ1n) is 11.9. The molecule has 1 saturated carbocycles. The van der Waals surface area contributed by atoms with E-state index in [1.165, 1.54) is 6.33 Å². The van der Waals surface area contributed by atoms with Crippen LogP contribution in [0.2, 0.25) is 0 Å². The molecular formula is C27H29N5O3. The molecule has 2 N–H and O–H groups in total. The molecule has 1 aliphatic carbocycles. The van der Waals surface area contributed by atoms with Gasteiger partial charge in [0.25, 0.3) is 11.8 Å². The summed E-state index contributed by atoms with van der Waals surface area (Å²) in [6.45, 7) is 4.77. The molecular weight excluding hydrogens is 442 g/mol. The van der Waals surface area contributed by atoms with Crippen molar-refractivity contribution in [2.75, 3.05) is 0 Å². The molecule has 1 fully saturated rings. The summed E-state index contributed by atoms with van der Waals surface area (Å²) in [6.07, 6.45) is 3.17. The van der Waals surface area contributed by atoms with Crippen LogP contribution < -0.4 is 10.6 Å². The SMILES string of the molecule is Cc1ccc(CNC(=O)C2(C)Cn3cnc(C(=O)NCc4ccccc4)c3C(=O)N2C2CC2)cc1. The molecule has 1 unspecified atom stereocenters. The Labute approximate surface area is 204 Å². The number of nitrogens with one attached hydrogen (secondary N) is 2. The molecule has 8 heteroatoms. The van der Waals surface area contributed by atoms with Crippen LogP contribution in [-0.4, -0.2) is 43.8 Å². The van der Waals surface area contributed by atoms with Crippen molar-refractivity contribution in [2.45, 2.75) is 57.9 Å². The molecule has 2 heterocycles. The lowest BCUT2D eigenvalue weighted by atomic mass is 9.93. The van der Waals surface area contributed by atoms with Crippen LogP contribution >= 0.6 is 0 Å². The van der Waals surface area contributed by atoms with Gasteiger partial charge in [-0.15, -0.1) is 0 Å². The molecule has 0 spiro atoms. The normalized spacial score (nSPS) is 19.3. The van der Waals surface area contributed by atoms with E-state index in [2.05, 4.69) is 15.6 Å². The summed E-state index contributed by atoms with van der Waals surface area (Å²) in [6, 6.07) is 17.5. The van der Waals surface area contributed by atoms with E-state index < -0.39 is 11.4 Å². The van der Waals surface area contributed by atoms with Crippen LogP contribution in [0.25, 0.3) is 0 Å². The van der Waals surface area contributed by atoms with E-state index in [1.54, 1.807) is 16.4 Å². The largest absolute Gasteiger partial charge is 0.350 e. The number of carbonyl (C=O) groups excluding carboxylic acids is 3. The second-order valence-electron chi connectivity index (χ2n) is 9.59. The Morgan fingerprint density at radius 1 is 1.00 bits per heavy atom. The van der Waals surface area contributed by atoms with Crippen molar-refractivity contribution in [3.8, 4) is 0 Å². The maximum Gasteiger partial charge on any atom is 0.274 e. The molecule has 35 heavy (non-hydrogen) atoms. The molecule has 0 bridgehead atoms. The number of aromatic nitrogens is 2. The molecule has 3 amide bonds. The lowest BCUT2D eigenvalue weighted by Crippen LogP contribution is -2.64. The third-order valence-corrected chi connectivity index (χ3v) is 6.75. The summed E-state index contributed by atoms with van der Waals surface area (Å²) in [4.78, 5) is 46.0. The Bertz CT molecular complexity index is 1260. The van der Waals surface area contributed by atoms with E-state index in [0.29, 0.717) is 13.1 Å². The lowest BCUT2D eigenvalue weighted by Gasteiger charge is -2.44. The molecule has 1 aromatic heterocycles. The molecule has 2 aliphatic rings. The number of amides is 3. The van der Waals surface area contributed by atoms with Crippen molar-refractivity contribution in [3.63, 3.8) is 0 Å². The fourth-order valence-corrected chi connectivity index (χ4v) is 4.66. The zero-order chi connectivity index (χ0) is 24.6. The van der Waals surface area contributed by atoms with Gasteiger partial charge in [-0.2, -0.15) is 0 Å². The quantitative estimate of drug-likeness (QED) is 0.554. The predicted molar refractivity (Wildman–Crippen MR) is 130 cm³/mol. The maximum absolute atomic E-state index is 13.7. The van der Waals surface area contributed by atoms with Gasteiger partial charge in [-0.1, -0.05) is 60.2 Å². The lowest BCUT2D eigenvalue weighted by molar-refractivity contribution is -0.133. The van der Waals surface area contributed by atoms with E-state index in [4.69, 9.17) is 0 Å². The molecule has 1 aliphatic heterocycles. The molecule has 1 atom stereocenters. The molecule has 0 radical (unpaired) electrons. The summed E-state index contributed by atoms with van der Waals surface area (Å²) in [5, 5.41) is 5.87. The first kappa shape index (κ1) is 22.8. The van der Waals surface area contributed by atoms with Crippen molar-refractivity contribution < 1.29 is 14.4 Å². The third-order valence-electron chi connectivity index (χ3n) is 6.75. The minimum absolute atomic E-state index is 0.0125. The molecule has 0 saturated heterocycles. The zero-order valence-electron chi connectivity index (χ0n) is 20.0. The summed E-state index contributed by atoms with van der Waals surface area (Å²) < 4.78 is 1.64. The van der Waals surface area contributed by atoms with Crippen LogP contribution in [0.3, 0.4) is 0 Å². The van der Waals surface area contributed by atoms with Gasteiger partial charge >= 0.3 is 0 Å². The first-order valence-corrected chi connectivity index (χ1v) is 11.9. The second kappa shape index (κ2) is 9.02. The summed E-state index contributed by atoms with van der Waals surface area (Å²) in [5.41, 5.74) is 2.37. The Morgan fingerprint density at radius 2 is 1.66 bits per heavy atom. The highest BCUT2D eigenvalue weighted by Crippen LogP contribution is 2.38. The standard InChI is InChI=1S/C27H29N5O3/c1-18-8-10-20(11-9-18)15-29-26(35)27(2)16-31-17-30-22(23(31)25(34)32(27)21-12-13-21)24(33)28-14-19-6-4-3-5-7-19/h3-11,17,21H,12-16H2,1-2H3,(H,28,33)(H,29,35). The van der Waals surface area contributed by atoms with E-state index >= 15 is 0 Å². The summed E-state index contributed by atoms with van der Waals surface area (Å²) >= 11 is 0. The van der Waals surface area contributed by atoms with E-state index in [-0.39, 0.29) is 35.8 Å². The molecule has 2 aromatic carbocycles. The zero-order valence-corrected chi connectivity index (χ0v) is 20.0. The van der Waals surface area contributed by atoms with Crippen molar-refractivity contribution in [1.82, 2.24) is 25.1 Å². The van der Waals surface area contributed by atoms with Gasteiger partial charge in [0.1, 0.15) is 11.2 Å². The van der Waals surface area contributed by atoms with Gasteiger partial charge in [0, 0.05) is 19.1 Å². The Balaban J connectivity index is 1.36. The van der Waals surface area contributed by atoms with Crippen LogP contribution in [-0.2, 0) is 24.4 Å². The van der Waals surface area contributed by atoms with Gasteiger partial charge in [-0.05, 0) is 37.8 Å². The Morgan fingerprint density at radius 3 is 2.34 bits per heavy atom. The highest BCUT2D eigenvalue weighted by Gasteiger charge is 2.53. The topological polar surface area (TPSA) is 96.3 Å². The maximum atomic E-state index is 13.7. The van der Waals surface area contributed by atoms with Crippen molar-refractivity contribution in [1.29, 1.82) is 0 Å². The van der Waals surface area contributed by atoms with Gasteiger partial charge in [-0.3, -0.25) is 14.4 Å². The molecule has 5 rings (SSSR count). The number of aryl methyl sites for hydroxylation is 1. The number of benzene rings is 2. The average molecular weight is 472 g/mol. The molecule has 3 aromatic rings. The Kier molecular flexibility index (Phi) is 5.88. The van der Waals surface area contributed by atoms with Crippen molar-refractivity contribution in [3.05, 3.63) is 89.0 Å². The van der Waals surface area contributed by atoms with Gasteiger partial charge in [0.15, 0.2) is 5.69 Å². The van der Waals surface area contributed by atoms with Crippen molar-refractivity contribution in [2.24, 2.45) is 0 Å². The average Bonchev–Trinajstić information content (AvgIpc) is 3.60. The number of carbonyl (C=O) groups is 3.